The van der Waals surface area contributed by atoms with Crippen LogP contribution in [0.3, 0.4) is 0 Å². The van der Waals surface area contributed by atoms with Gasteiger partial charge in [-0.15, -0.1) is 0 Å². The Morgan fingerprint density at radius 3 is 2.80 bits per heavy atom. The van der Waals surface area contributed by atoms with Gasteiger partial charge in [-0.05, 0) is 38.3 Å². The summed E-state index contributed by atoms with van der Waals surface area (Å²) in [5.74, 6) is 0.905. The summed E-state index contributed by atoms with van der Waals surface area (Å²) in [4.78, 5) is 2.65. The van der Waals surface area contributed by atoms with Gasteiger partial charge < -0.3 is 10.2 Å². The van der Waals surface area contributed by atoms with Crippen LogP contribution >= 0.6 is 0 Å². The van der Waals surface area contributed by atoms with Crippen molar-refractivity contribution in [2.45, 2.75) is 52.5 Å². The Morgan fingerprint density at radius 1 is 1.40 bits per heavy atom. The highest BCUT2D eigenvalue weighted by atomic mass is 15.2. The Hall–Kier alpha value is -0.0800. The molecule has 0 amide bonds. The second kappa shape index (κ2) is 7.24. The molecule has 15 heavy (non-hydrogen) atoms. The molecule has 1 saturated heterocycles. The summed E-state index contributed by atoms with van der Waals surface area (Å²) in [6, 6.07) is 0.713. The largest absolute Gasteiger partial charge is 0.313 e. The number of rotatable bonds is 6. The van der Waals surface area contributed by atoms with Crippen LogP contribution < -0.4 is 5.32 Å². The number of nitrogens with one attached hydrogen (secondary N) is 1. The Kier molecular flexibility index (Phi) is 6.26. The summed E-state index contributed by atoms with van der Waals surface area (Å²) >= 11 is 0. The molecule has 1 aliphatic heterocycles. The average molecular weight is 212 g/mol. The van der Waals surface area contributed by atoms with Crippen molar-refractivity contribution in [3.05, 3.63) is 0 Å². The molecule has 1 rings (SSSR count). The molecule has 0 spiro atoms. The minimum atomic E-state index is 0.713. The van der Waals surface area contributed by atoms with Crippen molar-refractivity contribution >= 4 is 0 Å². The van der Waals surface area contributed by atoms with Crippen LogP contribution in [0.1, 0.15) is 46.5 Å². The van der Waals surface area contributed by atoms with Gasteiger partial charge in [-0.1, -0.05) is 27.2 Å². The summed E-state index contributed by atoms with van der Waals surface area (Å²) in [6.45, 7) is 11.9. The van der Waals surface area contributed by atoms with Crippen LogP contribution in [0.4, 0.5) is 0 Å². The highest BCUT2D eigenvalue weighted by molar-refractivity contribution is 4.76. The molecule has 0 radical (unpaired) electrons. The van der Waals surface area contributed by atoms with Gasteiger partial charge in [0, 0.05) is 19.1 Å². The lowest BCUT2D eigenvalue weighted by Crippen LogP contribution is -2.44. The first-order valence-electron chi connectivity index (χ1n) is 6.72. The molecule has 1 N–H and O–H groups in total. The summed E-state index contributed by atoms with van der Waals surface area (Å²) in [6.07, 6.45) is 5.43. The van der Waals surface area contributed by atoms with Crippen molar-refractivity contribution in [1.29, 1.82) is 0 Å². The van der Waals surface area contributed by atoms with E-state index in [9.17, 15) is 0 Å². The first-order chi connectivity index (χ1) is 7.26. The third-order valence-corrected chi connectivity index (χ3v) is 3.35. The smallest absolute Gasteiger partial charge is 0.0194 e. The molecular weight excluding hydrogens is 184 g/mol. The van der Waals surface area contributed by atoms with E-state index >= 15 is 0 Å². The number of likely N-dealkylation sites (tertiary alicyclic amines) is 1. The van der Waals surface area contributed by atoms with Crippen LogP contribution in [-0.4, -0.2) is 37.1 Å². The first kappa shape index (κ1) is 13.0. The van der Waals surface area contributed by atoms with Gasteiger partial charge >= 0.3 is 0 Å². The third-order valence-electron chi connectivity index (χ3n) is 3.35. The summed E-state index contributed by atoms with van der Waals surface area (Å²) < 4.78 is 0. The molecule has 2 unspecified atom stereocenters. The van der Waals surface area contributed by atoms with E-state index in [1.54, 1.807) is 0 Å². The zero-order valence-electron chi connectivity index (χ0n) is 10.8. The number of hydrogen-bond acceptors (Lipinski definition) is 2. The predicted molar refractivity (Wildman–Crippen MR) is 67.2 cm³/mol. The molecule has 0 saturated carbocycles. The molecule has 1 fully saturated rings. The molecule has 2 nitrogen and oxygen atoms in total. The van der Waals surface area contributed by atoms with Gasteiger partial charge in [-0.25, -0.2) is 0 Å². The molecule has 1 heterocycles. The van der Waals surface area contributed by atoms with Gasteiger partial charge in [0.2, 0.25) is 0 Å². The molecule has 0 aromatic heterocycles. The van der Waals surface area contributed by atoms with Gasteiger partial charge in [0.05, 0.1) is 0 Å². The topological polar surface area (TPSA) is 15.3 Å². The Labute approximate surface area is 95.4 Å². The zero-order chi connectivity index (χ0) is 11.1. The van der Waals surface area contributed by atoms with E-state index in [1.165, 1.54) is 45.3 Å². The van der Waals surface area contributed by atoms with Crippen molar-refractivity contribution in [2.75, 3.05) is 26.2 Å². The highest BCUT2D eigenvalue weighted by Gasteiger charge is 2.18. The fourth-order valence-corrected chi connectivity index (χ4v) is 2.66. The lowest BCUT2D eigenvalue weighted by molar-refractivity contribution is 0.164. The van der Waals surface area contributed by atoms with E-state index in [0.29, 0.717) is 6.04 Å². The van der Waals surface area contributed by atoms with Gasteiger partial charge in [-0.3, -0.25) is 0 Å². The van der Waals surface area contributed by atoms with Crippen molar-refractivity contribution in [3.63, 3.8) is 0 Å². The average Bonchev–Trinajstić information content (AvgIpc) is 2.18. The zero-order valence-corrected chi connectivity index (χ0v) is 10.8. The maximum atomic E-state index is 3.60. The van der Waals surface area contributed by atoms with Crippen molar-refractivity contribution in [1.82, 2.24) is 10.2 Å². The molecule has 0 aromatic carbocycles. The minimum absolute atomic E-state index is 0.713. The number of hydrogen-bond donors (Lipinski definition) is 1. The Bertz CT molecular complexity index is 150. The van der Waals surface area contributed by atoms with Gasteiger partial charge in [0.15, 0.2) is 0 Å². The van der Waals surface area contributed by atoms with Crippen molar-refractivity contribution < 1.29 is 0 Å². The summed E-state index contributed by atoms with van der Waals surface area (Å²) in [5.41, 5.74) is 0. The van der Waals surface area contributed by atoms with Crippen LogP contribution in [0, 0.1) is 5.92 Å². The predicted octanol–water partition coefficient (Wildman–Crippen LogP) is 2.50. The van der Waals surface area contributed by atoms with Crippen LogP contribution in [0.15, 0.2) is 0 Å². The summed E-state index contributed by atoms with van der Waals surface area (Å²) in [7, 11) is 0. The maximum Gasteiger partial charge on any atom is 0.0194 e. The lowest BCUT2D eigenvalue weighted by atomic mass is 9.99. The molecule has 0 aliphatic carbocycles. The first-order valence-corrected chi connectivity index (χ1v) is 6.72. The molecule has 2 heteroatoms. The maximum absolute atomic E-state index is 3.60. The third kappa shape index (κ3) is 4.98. The summed E-state index contributed by atoms with van der Waals surface area (Å²) in [5, 5.41) is 3.60. The highest BCUT2D eigenvalue weighted by Crippen LogP contribution is 2.16. The monoisotopic (exact) mass is 212 g/mol. The van der Waals surface area contributed by atoms with E-state index in [0.717, 1.165) is 12.5 Å². The van der Waals surface area contributed by atoms with Gasteiger partial charge in [0.25, 0.3) is 0 Å². The van der Waals surface area contributed by atoms with E-state index in [2.05, 4.69) is 31.0 Å². The van der Waals surface area contributed by atoms with E-state index in [-0.39, 0.29) is 0 Å². The Balaban J connectivity index is 2.28. The molecule has 1 aliphatic rings. The molecular formula is C13H28N2. The van der Waals surface area contributed by atoms with Crippen LogP contribution in [0.2, 0.25) is 0 Å². The van der Waals surface area contributed by atoms with E-state index in [4.69, 9.17) is 0 Å². The molecule has 0 bridgehead atoms. The second-order valence-electron chi connectivity index (χ2n) is 5.05. The number of piperidine rings is 1. The fraction of sp³-hybridized carbons (Fsp3) is 1.00. The van der Waals surface area contributed by atoms with Crippen LogP contribution in [0.25, 0.3) is 0 Å². The molecule has 0 aromatic rings. The van der Waals surface area contributed by atoms with Crippen molar-refractivity contribution in [2.24, 2.45) is 5.92 Å². The van der Waals surface area contributed by atoms with Crippen LogP contribution in [0.5, 0.6) is 0 Å². The van der Waals surface area contributed by atoms with Crippen molar-refractivity contribution in [3.8, 4) is 0 Å². The van der Waals surface area contributed by atoms with Crippen LogP contribution in [-0.2, 0) is 0 Å². The SMILES string of the molecule is CCCC(CN1CCCC(C)C1)NCC. The molecule has 90 valence electrons. The Morgan fingerprint density at radius 2 is 2.20 bits per heavy atom. The fourth-order valence-electron chi connectivity index (χ4n) is 2.66. The number of nitrogens with zero attached hydrogens (tertiary/aromatic N) is 1. The quantitative estimate of drug-likeness (QED) is 0.728. The lowest BCUT2D eigenvalue weighted by Gasteiger charge is -2.33. The normalized spacial score (nSPS) is 25.4. The molecule has 2 atom stereocenters. The van der Waals surface area contributed by atoms with Gasteiger partial charge in [-0.2, -0.15) is 0 Å². The van der Waals surface area contributed by atoms with E-state index in [1.807, 2.05) is 0 Å². The number of likely N-dealkylation sites (N-methyl/N-ethyl adjacent to an activating group) is 1. The van der Waals surface area contributed by atoms with Gasteiger partial charge in [0.1, 0.15) is 0 Å². The standard InChI is InChI=1S/C13H28N2/c1-4-7-13(14-5-2)11-15-9-6-8-12(3)10-15/h12-14H,4-11H2,1-3H3. The second-order valence-corrected chi connectivity index (χ2v) is 5.05. The minimum Gasteiger partial charge on any atom is -0.313 e. The van der Waals surface area contributed by atoms with E-state index < -0.39 is 0 Å².